The Hall–Kier alpha value is -2.70. The Labute approximate surface area is 120 Å². The Bertz CT molecular complexity index is 754. The van der Waals surface area contributed by atoms with Crippen molar-refractivity contribution in [3.05, 3.63) is 51.8 Å². The smallest absolute Gasteiger partial charge is 0.358 e. The first-order valence-electron chi connectivity index (χ1n) is 6.55. The summed E-state index contributed by atoms with van der Waals surface area (Å²) in [5, 5.41) is 3.19. The molecule has 2 aromatic rings. The summed E-state index contributed by atoms with van der Waals surface area (Å²) in [5.74, 6) is 0.287. The zero-order valence-corrected chi connectivity index (χ0v) is 11.5. The summed E-state index contributed by atoms with van der Waals surface area (Å²) >= 11 is 0. The van der Waals surface area contributed by atoms with Crippen LogP contribution in [0, 0.1) is 0 Å². The number of carbonyl (C=O) groups excluding carboxylic acids is 1. The van der Waals surface area contributed by atoms with Gasteiger partial charge in [0.05, 0.1) is 25.5 Å². The molecule has 0 atom stereocenters. The van der Waals surface area contributed by atoms with Crippen molar-refractivity contribution in [3.8, 4) is 0 Å². The number of rotatable bonds is 3. The molecule has 3 rings (SSSR count). The predicted octanol–water partition coefficient (Wildman–Crippen LogP) is 0.441. The maximum Gasteiger partial charge on any atom is 0.358 e. The summed E-state index contributed by atoms with van der Waals surface area (Å²) in [6.07, 6.45) is 3.46. The molecular formula is C14H14N4O3. The lowest BCUT2D eigenvalue weighted by atomic mass is 10.2. The van der Waals surface area contributed by atoms with Crippen molar-refractivity contribution >= 4 is 11.8 Å². The van der Waals surface area contributed by atoms with Gasteiger partial charge in [-0.2, -0.15) is 0 Å². The Balaban J connectivity index is 1.90. The lowest BCUT2D eigenvalue weighted by Crippen LogP contribution is -2.23. The number of methoxy groups -OCH3 is 1. The molecule has 0 bridgehead atoms. The number of anilines is 1. The molecule has 3 heterocycles. The number of fused-ring (bicyclic) bond motifs is 1. The van der Waals surface area contributed by atoms with Gasteiger partial charge in [-0.1, -0.05) is 6.07 Å². The fourth-order valence-corrected chi connectivity index (χ4v) is 2.24. The standard InChI is InChI=1S/C14H14N4O3/c1-21-14(20)11-8-18(12(19)6-16-11)7-10-3-2-9-4-5-15-13(9)17-10/h2-3,6,8H,4-5,7H2,1H3,(H,15,17). The van der Waals surface area contributed by atoms with Crippen molar-refractivity contribution in [1.29, 1.82) is 0 Å². The summed E-state index contributed by atoms with van der Waals surface area (Å²) in [6.45, 7) is 1.16. The average Bonchev–Trinajstić information content (AvgIpc) is 2.96. The maximum atomic E-state index is 11.8. The average molecular weight is 286 g/mol. The summed E-state index contributed by atoms with van der Waals surface area (Å²) in [7, 11) is 1.27. The van der Waals surface area contributed by atoms with Gasteiger partial charge in [-0.3, -0.25) is 4.79 Å². The summed E-state index contributed by atoms with van der Waals surface area (Å²) < 4.78 is 5.99. The molecule has 0 saturated carbocycles. The van der Waals surface area contributed by atoms with Crippen LogP contribution in [0.5, 0.6) is 0 Å². The Kier molecular flexibility index (Phi) is 3.39. The van der Waals surface area contributed by atoms with Crippen molar-refractivity contribution < 1.29 is 9.53 Å². The number of esters is 1. The van der Waals surface area contributed by atoms with Crippen molar-refractivity contribution in [3.63, 3.8) is 0 Å². The van der Waals surface area contributed by atoms with E-state index in [2.05, 4.69) is 20.0 Å². The number of nitrogens with one attached hydrogen (secondary N) is 1. The van der Waals surface area contributed by atoms with Gasteiger partial charge in [0.2, 0.25) is 0 Å². The molecule has 0 fully saturated rings. The topological polar surface area (TPSA) is 86.1 Å². The third kappa shape index (κ3) is 2.62. The van der Waals surface area contributed by atoms with Crippen LogP contribution in [0.1, 0.15) is 21.7 Å². The Morgan fingerprint density at radius 3 is 3.14 bits per heavy atom. The van der Waals surface area contributed by atoms with Crippen LogP contribution in [-0.4, -0.2) is 34.2 Å². The van der Waals surface area contributed by atoms with E-state index in [1.165, 1.54) is 23.4 Å². The molecule has 0 saturated heterocycles. The quantitative estimate of drug-likeness (QED) is 0.824. The van der Waals surface area contributed by atoms with Crippen LogP contribution < -0.4 is 10.9 Å². The molecule has 2 aromatic heterocycles. The molecule has 0 aromatic carbocycles. The van der Waals surface area contributed by atoms with Gasteiger partial charge in [0, 0.05) is 12.7 Å². The van der Waals surface area contributed by atoms with E-state index in [4.69, 9.17) is 0 Å². The molecular weight excluding hydrogens is 272 g/mol. The molecule has 1 aliphatic rings. The second kappa shape index (κ2) is 5.35. The maximum absolute atomic E-state index is 11.8. The summed E-state index contributed by atoms with van der Waals surface area (Å²) in [4.78, 5) is 31.5. The van der Waals surface area contributed by atoms with Gasteiger partial charge in [0.1, 0.15) is 5.82 Å². The highest BCUT2D eigenvalue weighted by Gasteiger charge is 2.13. The van der Waals surface area contributed by atoms with E-state index >= 15 is 0 Å². The monoisotopic (exact) mass is 286 g/mol. The van der Waals surface area contributed by atoms with Crippen LogP contribution in [0.15, 0.2) is 29.3 Å². The number of hydrogen-bond donors (Lipinski definition) is 1. The zero-order chi connectivity index (χ0) is 14.8. The number of ether oxygens (including phenoxy) is 1. The van der Waals surface area contributed by atoms with E-state index in [1.807, 2.05) is 12.1 Å². The number of nitrogens with zero attached hydrogens (tertiary/aromatic N) is 3. The Morgan fingerprint density at radius 2 is 2.33 bits per heavy atom. The van der Waals surface area contributed by atoms with Crippen LogP contribution in [0.3, 0.4) is 0 Å². The molecule has 0 unspecified atom stereocenters. The number of carbonyl (C=O) groups is 1. The highest BCUT2D eigenvalue weighted by molar-refractivity contribution is 5.86. The molecule has 7 nitrogen and oxygen atoms in total. The van der Waals surface area contributed by atoms with Crippen LogP contribution in [0.2, 0.25) is 0 Å². The molecule has 108 valence electrons. The second-order valence-corrected chi connectivity index (χ2v) is 4.72. The number of pyridine rings is 1. The van der Waals surface area contributed by atoms with Crippen LogP contribution in [0.4, 0.5) is 5.82 Å². The fourth-order valence-electron chi connectivity index (χ4n) is 2.24. The minimum absolute atomic E-state index is 0.0939. The first-order chi connectivity index (χ1) is 10.2. The van der Waals surface area contributed by atoms with Gasteiger partial charge in [-0.05, 0) is 18.1 Å². The van der Waals surface area contributed by atoms with E-state index in [0.717, 1.165) is 30.7 Å². The highest BCUT2D eigenvalue weighted by atomic mass is 16.5. The normalized spacial score (nSPS) is 12.6. The van der Waals surface area contributed by atoms with E-state index in [1.54, 1.807) is 0 Å². The third-order valence-corrected chi connectivity index (χ3v) is 3.33. The van der Waals surface area contributed by atoms with Crippen molar-refractivity contribution in [2.24, 2.45) is 0 Å². The van der Waals surface area contributed by atoms with Crippen LogP contribution in [0.25, 0.3) is 0 Å². The van der Waals surface area contributed by atoms with Crippen LogP contribution in [-0.2, 0) is 17.7 Å². The van der Waals surface area contributed by atoms with E-state index in [-0.39, 0.29) is 17.8 Å². The molecule has 7 heteroatoms. The number of hydrogen-bond acceptors (Lipinski definition) is 6. The molecule has 0 amide bonds. The van der Waals surface area contributed by atoms with E-state index in [9.17, 15) is 9.59 Å². The van der Waals surface area contributed by atoms with Gasteiger partial charge >= 0.3 is 5.97 Å². The minimum atomic E-state index is -0.577. The SMILES string of the molecule is COC(=O)c1cn(Cc2ccc3c(n2)NCC3)c(=O)cn1. The molecule has 0 spiro atoms. The lowest BCUT2D eigenvalue weighted by Gasteiger charge is -2.08. The van der Waals surface area contributed by atoms with Gasteiger partial charge in [-0.15, -0.1) is 0 Å². The minimum Gasteiger partial charge on any atom is -0.464 e. The summed E-state index contributed by atoms with van der Waals surface area (Å²) in [6, 6.07) is 3.89. The third-order valence-electron chi connectivity index (χ3n) is 3.33. The van der Waals surface area contributed by atoms with Crippen molar-refractivity contribution in [2.75, 3.05) is 19.0 Å². The lowest BCUT2D eigenvalue weighted by molar-refractivity contribution is 0.0592. The molecule has 1 N–H and O–H groups in total. The van der Waals surface area contributed by atoms with Crippen molar-refractivity contribution in [2.45, 2.75) is 13.0 Å². The van der Waals surface area contributed by atoms with E-state index < -0.39 is 5.97 Å². The number of aromatic nitrogens is 3. The van der Waals surface area contributed by atoms with E-state index in [0.29, 0.717) is 0 Å². The first-order valence-corrected chi connectivity index (χ1v) is 6.55. The molecule has 0 radical (unpaired) electrons. The van der Waals surface area contributed by atoms with Gasteiger partial charge in [-0.25, -0.2) is 14.8 Å². The predicted molar refractivity (Wildman–Crippen MR) is 75.4 cm³/mol. The van der Waals surface area contributed by atoms with Gasteiger partial charge in [0.25, 0.3) is 5.56 Å². The fraction of sp³-hybridized carbons (Fsp3) is 0.286. The largest absolute Gasteiger partial charge is 0.464 e. The van der Waals surface area contributed by atoms with Gasteiger partial charge < -0.3 is 14.6 Å². The van der Waals surface area contributed by atoms with Crippen LogP contribution >= 0.6 is 0 Å². The molecule has 1 aliphatic heterocycles. The van der Waals surface area contributed by atoms with Crippen molar-refractivity contribution in [1.82, 2.24) is 14.5 Å². The molecule has 21 heavy (non-hydrogen) atoms. The first kappa shape index (κ1) is 13.3. The Morgan fingerprint density at radius 1 is 1.48 bits per heavy atom. The second-order valence-electron chi connectivity index (χ2n) is 4.72. The zero-order valence-electron chi connectivity index (χ0n) is 11.5. The molecule has 0 aliphatic carbocycles. The van der Waals surface area contributed by atoms with Gasteiger partial charge in [0.15, 0.2) is 5.69 Å². The highest BCUT2D eigenvalue weighted by Crippen LogP contribution is 2.19. The summed E-state index contributed by atoms with van der Waals surface area (Å²) in [5.41, 5.74) is 1.72.